The second kappa shape index (κ2) is 8.45. The molecule has 0 radical (unpaired) electrons. The van der Waals surface area contributed by atoms with Crippen molar-refractivity contribution in [3.05, 3.63) is 95.8 Å². The first-order valence-corrected chi connectivity index (χ1v) is 9.41. The van der Waals surface area contributed by atoms with Gasteiger partial charge in [-0.3, -0.25) is 4.79 Å². The Labute approximate surface area is 172 Å². The van der Waals surface area contributed by atoms with Gasteiger partial charge >= 0.3 is 5.97 Å². The van der Waals surface area contributed by atoms with Crippen LogP contribution in [0.3, 0.4) is 0 Å². The summed E-state index contributed by atoms with van der Waals surface area (Å²) in [7, 11) is 0. The second-order valence-electron chi connectivity index (χ2n) is 6.80. The monoisotopic (exact) mass is 397 g/mol. The van der Waals surface area contributed by atoms with Crippen LogP contribution in [0.2, 0.25) is 0 Å². The van der Waals surface area contributed by atoms with E-state index >= 15 is 0 Å². The molecular formula is C24H19N3O3. The Kier molecular flexibility index (Phi) is 5.39. The van der Waals surface area contributed by atoms with Crippen LogP contribution in [-0.4, -0.2) is 27.0 Å². The summed E-state index contributed by atoms with van der Waals surface area (Å²) < 4.78 is 0. The van der Waals surface area contributed by atoms with Crippen LogP contribution in [0.15, 0.2) is 79.1 Å². The number of hydrogen-bond donors (Lipinski definition) is 3. The molecule has 1 amide bonds. The van der Waals surface area contributed by atoms with Crippen molar-refractivity contribution in [2.45, 2.75) is 6.42 Å². The molecule has 0 unspecified atom stereocenters. The number of amides is 1. The molecule has 4 rings (SSSR count). The number of rotatable bonds is 6. The summed E-state index contributed by atoms with van der Waals surface area (Å²) in [6.07, 6.45) is 5.15. The zero-order chi connectivity index (χ0) is 20.9. The number of H-pyrrole nitrogens is 1. The van der Waals surface area contributed by atoms with Gasteiger partial charge in [0.1, 0.15) is 5.65 Å². The van der Waals surface area contributed by atoms with Gasteiger partial charge in [0.05, 0.1) is 23.9 Å². The fourth-order valence-electron chi connectivity index (χ4n) is 3.24. The summed E-state index contributed by atoms with van der Waals surface area (Å²) in [6.45, 7) is 0. The molecule has 6 heteroatoms. The average molecular weight is 397 g/mol. The standard InChI is InChI=1S/C24H19N3O3/c28-22(11-16-7-3-1-4-8-16)27-19-13-20-18(14-25-23(20)26-15-19)12-21(24(29)30)17-9-5-2-6-10-17/h1-10,12-15H,11H2,(H,25,26)(H,27,28)(H,29,30)/b21-12-. The Hall–Kier alpha value is -4.19. The largest absolute Gasteiger partial charge is 0.478 e. The molecule has 3 N–H and O–H groups in total. The van der Waals surface area contributed by atoms with Gasteiger partial charge in [0, 0.05) is 17.1 Å². The highest BCUT2D eigenvalue weighted by molar-refractivity contribution is 6.21. The van der Waals surface area contributed by atoms with Gasteiger partial charge in [0.25, 0.3) is 0 Å². The smallest absolute Gasteiger partial charge is 0.336 e. The van der Waals surface area contributed by atoms with E-state index < -0.39 is 5.97 Å². The molecule has 2 aromatic heterocycles. The van der Waals surface area contributed by atoms with Crippen LogP contribution in [0.1, 0.15) is 16.7 Å². The topological polar surface area (TPSA) is 95.1 Å². The van der Waals surface area contributed by atoms with Gasteiger partial charge in [-0.15, -0.1) is 0 Å². The van der Waals surface area contributed by atoms with E-state index in [1.54, 1.807) is 48.8 Å². The average Bonchev–Trinajstić information content (AvgIpc) is 3.15. The minimum atomic E-state index is -1.02. The van der Waals surface area contributed by atoms with Gasteiger partial charge in [0.15, 0.2) is 0 Å². The molecule has 0 aliphatic heterocycles. The maximum Gasteiger partial charge on any atom is 0.336 e. The molecule has 148 valence electrons. The Morgan fingerprint density at radius 2 is 1.73 bits per heavy atom. The number of benzene rings is 2. The third-order valence-electron chi connectivity index (χ3n) is 4.67. The zero-order valence-electron chi connectivity index (χ0n) is 16.0. The van der Waals surface area contributed by atoms with Gasteiger partial charge in [-0.2, -0.15) is 0 Å². The number of aliphatic carboxylic acids is 1. The Morgan fingerprint density at radius 3 is 2.43 bits per heavy atom. The van der Waals surface area contributed by atoms with E-state index in [9.17, 15) is 14.7 Å². The highest BCUT2D eigenvalue weighted by Gasteiger charge is 2.13. The summed E-state index contributed by atoms with van der Waals surface area (Å²) in [5.41, 5.74) is 3.55. The van der Waals surface area contributed by atoms with Gasteiger partial charge in [0.2, 0.25) is 5.91 Å². The lowest BCUT2D eigenvalue weighted by molar-refractivity contribution is -0.130. The Bertz CT molecular complexity index is 1230. The number of pyridine rings is 1. The van der Waals surface area contributed by atoms with Crippen LogP contribution in [-0.2, 0) is 16.0 Å². The van der Waals surface area contributed by atoms with Crippen LogP contribution in [0.25, 0.3) is 22.7 Å². The van der Waals surface area contributed by atoms with E-state index in [1.165, 1.54) is 0 Å². The molecule has 2 heterocycles. The number of carboxylic acids is 1. The van der Waals surface area contributed by atoms with Gasteiger partial charge in [-0.25, -0.2) is 9.78 Å². The van der Waals surface area contributed by atoms with Crippen LogP contribution < -0.4 is 5.32 Å². The quantitative estimate of drug-likeness (QED) is 0.421. The molecule has 4 aromatic rings. The van der Waals surface area contributed by atoms with Crippen molar-refractivity contribution in [1.29, 1.82) is 0 Å². The maximum atomic E-state index is 12.4. The van der Waals surface area contributed by atoms with Gasteiger partial charge < -0.3 is 15.4 Å². The number of nitrogens with zero attached hydrogens (tertiary/aromatic N) is 1. The first-order valence-electron chi connectivity index (χ1n) is 9.41. The summed E-state index contributed by atoms with van der Waals surface area (Å²) in [4.78, 5) is 31.5. The van der Waals surface area contributed by atoms with E-state index in [1.807, 2.05) is 36.4 Å². The number of hydrogen-bond acceptors (Lipinski definition) is 3. The first-order chi connectivity index (χ1) is 14.6. The number of fused-ring (bicyclic) bond motifs is 1. The lowest BCUT2D eigenvalue weighted by Gasteiger charge is -2.06. The second-order valence-corrected chi connectivity index (χ2v) is 6.80. The lowest BCUT2D eigenvalue weighted by Crippen LogP contribution is -2.14. The zero-order valence-corrected chi connectivity index (χ0v) is 16.0. The fourth-order valence-corrected chi connectivity index (χ4v) is 3.24. The molecule has 0 aliphatic rings. The van der Waals surface area contributed by atoms with Crippen molar-refractivity contribution in [2.75, 3.05) is 5.32 Å². The molecular weight excluding hydrogens is 378 g/mol. The maximum absolute atomic E-state index is 12.4. The first kappa shape index (κ1) is 19.1. The number of anilines is 1. The molecule has 0 fully saturated rings. The van der Waals surface area contributed by atoms with Crippen LogP contribution in [0.4, 0.5) is 5.69 Å². The molecule has 0 spiro atoms. The van der Waals surface area contributed by atoms with Crippen molar-refractivity contribution in [3.63, 3.8) is 0 Å². The van der Waals surface area contributed by atoms with Crippen molar-refractivity contribution in [2.24, 2.45) is 0 Å². The lowest BCUT2D eigenvalue weighted by atomic mass is 10.0. The number of nitrogens with one attached hydrogen (secondary N) is 2. The number of aromatic amines is 1. The van der Waals surface area contributed by atoms with Crippen molar-refractivity contribution in [3.8, 4) is 0 Å². The SMILES string of the molecule is O=C(Cc1ccccc1)Nc1cnc2[nH]cc(/C=C(\C(=O)O)c3ccccc3)c2c1. The third kappa shape index (κ3) is 4.28. The molecule has 2 aromatic carbocycles. The van der Waals surface area contributed by atoms with Crippen molar-refractivity contribution >= 4 is 40.2 Å². The Morgan fingerprint density at radius 1 is 1.03 bits per heavy atom. The number of carboxylic acid groups (broad SMARTS) is 1. The van der Waals surface area contributed by atoms with E-state index in [4.69, 9.17) is 0 Å². The van der Waals surface area contributed by atoms with Crippen molar-refractivity contribution in [1.82, 2.24) is 9.97 Å². The predicted molar refractivity (Wildman–Crippen MR) is 117 cm³/mol. The van der Waals surface area contributed by atoms with E-state index in [2.05, 4.69) is 15.3 Å². The number of aromatic nitrogens is 2. The minimum absolute atomic E-state index is 0.148. The van der Waals surface area contributed by atoms with Crippen LogP contribution in [0.5, 0.6) is 0 Å². The van der Waals surface area contributed by atoms with Gasteiger partial charge in [-0.05, 0) is 23.3 Å². The molecule has 0 saturated heterocycles. The van der Waals surface area contributed by atoms with E-state index in [0.717, 1.165) is 10.9 Å². The molecule has 0 bridgehead atoms. The molecule has 30 heavy (non-hydrogen) atoms. The van der Waals surface area contributed by atoms with Gasteiger partial charge in [-0.1, -0.05) is 60.7 Å². The number of carbonyl (C=O) groups is 2. The highest BCUT2D eigenvalue weighted by atomic mass is 16.4. The molecule has 6 nitrogen and oxygen atoms in total. The molecule has 0 atom stereocenters. The highest BCUT2D eigenvalue weighted by Crippen LogP contribution is 2.25. The van der Waals surface area contributed by atoms with Crippen LogP contribution in [0, 0.1) is 0 Å². The third-order valence-corrected chi connectivity index (χ3v) is 4.67. The normalized spacial score (nSPS) is 11.4. The Balaban J connectivity index is 1.63. The minimum Gasteiger partial charge on any atom is -0.478 e. The van der Waals surface area contributed by atoms with Crippen molar-refractivity contribution < 1.29 is 14.7 Å². The predicted octanol–water partition coefficient (Wildman–Crippen LogP) is 4.37. The number of carbonyl (C=O) groups excluding carboxylic acids is 1. The molecule has 0 aliphatic carbocycles. The van der Waals surface area contributed by atoms with E-state index in [-0.39, 0.29) is 17.9 Å². The summed E-state index contributed by atoms with van der Waals surface area (Å²) in [5.74, 6) is -1.17. The van der Waals surface area contributed by atoms with E-state index in [0.29, 0.717) is 22.5 Å². The summed E-state index contributed by atoms with van der Waals surface area (Å²) >= 11 is 0. The molecule has 0 saturated carbocycles. The summed E-state index contributed by atoms with van der Waals surface area (Å²) in [6, 6.07) is 20.2. The van der Waals surface area contributed by atoms with Crippen LogP contribution >= 0.6 is 0 Å². The summed E-state index contributed by atoms with van der Waals surface area (Å²) in [5, 5.41) is 13.2. The fraction of sp³-hybridized carbons (Fsp3) is 0.0417.